The summed E-state index contributed by atoms with van der Waals surface area (Å²) in [5.74, 6) is -2.78. The number of aryl methyl sites for hydroxylation is 1. The van der Waals surface area contributed by atoms with Gasteiger partial charge in [0.15, 0.2) is 28.4 Å². The first-order valence-corrected chi connectivity index (χ1v) is 14.4. The fourth-order valence-corrected chi connectivity index (χ4v) is 6.16. The van der Waals surface area contributed by atoms with Gasteiger partial charge in [0.25, 0.3) is 0 Å². The van der Waals surface area contributed by atoms with E-state index in [0.717, 1.165) is 6.07 Å². The maximum absolute atomic E-state index is 14.5. The lowest BCUT2D eigenvalue weighted by atomic mass is 9.78. The molecule has 2 aromatic heterocycles. The number of esters is 1. The third kappa shape index (κ3) is 5.89. The van der Waals surface area contributed by atoms with Crippen LogP contribution in [0.3, 0.4) is 0 Å². The molecule has 0 spiro atoms. The van der Waals surface area contributed by atoms with E-state index in [1.54, 1.807) is 25.4 Å². The van der Waals surface area contributed by atoms with Crippen molar-refractivity contribution in [2.45, 2.75) is 57.9 Å². The number of amidine groups is 1. The number of thiazole rings is 1. The summed E-state index contributed by atoms with van der Waals surface area (Å²) in [5, 5.41) is 15.3. The number of halogens is 3. The van der Waals surface area contributed by atoms with E-state index in [1.807, 2.05) is 0 Å². The summed E-state index contributed by atoms with van der Waals surface area (Å²) in [7, 11) is 0. The molecule has 1 fully saturated rings. The number of aromatic nitrogens is 2. The summed E-state index contributed by atoms with van der Waals surface area (Å²) in [6.45, 7) is 3.78. The summed E-state index contributed by atoms with van der Waals surface area (Å²) < 4.78 is 39.2. The van der Waals surface area contributed by atoms with E-state index in [2.05, 4.69) is 20.3 Å². The van der Waals surface area contributed by atoms with E-state index >= 15 is 0 Å². The molecule has 2 N–H and O–H groups in total. The third-order valence-corrected chi connectivity index (χ3v) is 8.47. The van der Waals surface area contributed by atoms with Crippen LogP contribution in [-0.2, 0) is 20.7 Å². The fourth-order valence-electron chi connectivity index (χ4n) is 5.32. The first kappa shape index (κ1) is 28.9. The molecule has 41 heavy (non-hydrogen) atoms. The fraction of sp³-hybridized carbons (Fsp3) is 0.393. The number of nitrogens with one attached hydrogen (secondary N) is 1. The lowest BCUT2D eigenvalue weighted by molar-refractivity contribution is -0.142. The summed E-state index contributed by atoms with van der Waals surface area (Å²) in [5.41, 5.74) is 0.953. The molecule has 3 heterocycles. The second-order valence-electron chi connectivity index (χ2n) is 9.82. The molecule has 1 aliphatic carbocycles. The van der Waals surface area contributed by atoms with Crippen LogP contribution in [-0.4, -0.2) is 39.5 Å². The molecule has 1 saturated carbocycles. The van der Waals surface area contributed by atoms with Gasteiger partial charge in [-0.05, 0) is 51.5 Å². The van der Waals surface area contributed by atoms with Crippen LogP contribution in [0.1, 0.15) is 72.5 Å². The highest BCUT2D eigenvalue weighted by atomic mass is 35.5. The Morgan fingerprint density at radius 3 is 2.61 bits per heavy atom. The van der Waals surface area contributed by atoms with Crippen LogP contribution < -0.4 is 5.32 Å². The van der Waals surface area contributed by atoms with Crippen molar-refractivity contribution in [2.24, 2.45) is 10.9 Å². The number of hydrogen-bond donors (Lipinski definition) is 2. The topological polar surface area (TPSA) is 127 Å². The molecule has 216 valence electrons. The van der Waals surface area contributed by atoms with Gasteiger partial charge in [-0.2, -0.15) is 0 Å². The lowest BCUT2D eigenvalue weighted by Crippen LogP contribution is -2.37. The van der Waals surface area contributed by atoms with E-state index in [-0.39, 0.29) is 42.0 Å². The highest BCUT2D eigenvalue weighted by Gasteiger charge is 2.38. The van der Waals surface area contributed by atoms with Gasteiger partial charge in [-0.25, -0.2) is 23.5 Å². The monoisotopic (exact) mass is 604 g/mol. The highest BCUT2D eigenvalue weighted by molar-refractivity contribution is 7.11. The Hall–Kier alpha value is -3.64. The molecule has 0 radical (unpaired) electrons. The van der Waals surface area contributed by atoms with Crippen molar-refractivity contribution < 1.29 is 32.6 Å². The van der Waals surface area contributed by atoms with E-state index < -0.39 is 28.7 Å². The van der Waals surface area contributed by atoms with E-state index in [4.69, 9.17) is 20.8 Å². The normalized spacial score (nSPS) is 20.9. The molecule has 5 rings (SSSR count). The van der Waals surface area contributed by atoms with Gasteiger partial charge in [-0.3, -0.25) is 9.79 Å². The number of aliphatic carboxylic acids is 1. The van der Waals surface area contributed by atoms with Crippen LogP contribution in [0.5, 0.6) is 0 Å². The van der Waals surface area contributed by atoms with Crippen LogP contribution in [0.15, 0.2) is 44.4 Å². The van der Waals surface area contributed by atoms with Crippen LogP contribution >= 0.6 is 22.9 Å². The Morgan fingerprint density at radius 1 is 1.22 bits per heavy atom. The van der Waals surface area contributed by atoms with Crippen molar-refractivity contribution >= 4 is 40.7 Å². The minimum Gasteiger partial charge on any atom is -0.478 e. The minimum absolute atomic E-state index is 0.0121. The molecule has 1 unspecified atom stereocenters. The Morgan fingerprint density at radius 2 is 1.95 bits per heavy atom. The minimum atomic E-state index is -1.26. The Bertz CT molecular complexity index is 1530. The Kier molecular flexibility index (Phi) is 8.50. The number of rotatable bonds is 8. The average Bonchev–Trinajstić information content (AvgIpc) is 3.62. The molecule has 0 bridgehead atoms. The number of benzene rings is 1. The number of nitrogens with zero attached hydrogens (tertiary/aromatic N) is 3. The molecule has 9 nitrogen and oxygen atoms in total. The number of hydrogen-bond acceptors (Lipinski definition) is 9. The molecule has 13 heteroatoms. The predicted octanol–water partition coefficient (Wildman–Crippen LogP) is 5.88. The molecular weight excluding hydrogens is 578 g/mol. The smallest absolute Gasteiger partial charge is 0.335 e. The molecule has 1 atom stereocenters. The standard InChI is InChI=1S/C28H27ClF2N4O5S/c1-3-39-19(36)12-18-13(2)40-26(33-18)15-6-4-14(5-7-15)23-20(28(37)38)24(16-8-9-17(30)22(31)21(16)29)35-25(34-23)27-32-10-11-41-27/h8-11,14-15,24H,3-7,12H2,1-2H3,(H,34,35)(H,37,38). The van der Waals surface area contributed by atoms with Crippen molar-refractivity contribution in [3.63, 3.8) is 0 Å². The van der Waals surface area contributed by atoms with Gasteiger partial charge < -0.3 is 19.6 Å². The molecular formula is C28H27ClF2N4O5S. The summed E-state index contributed by atoms with van der Waals surface area (Å²) >= 11 is 7.49. The third-order valence-electron chi connectivity index (χ3n) is 7.31. The van der Waals surface area contributed by atoms with Crippen LogP contribution in [0, 0.1) is 24.5 Å². The number of carbonyl (C=O) groups is 2. The maximum Gasteiger partial charge on any atom is 0.335 e. The Labute approximate surface area is 243 Å². The number of carboxylic acids is 1. The number of allylic oxidation sites excluding steroid dienone is 1. The zero-order valence-electron chi connectivity index (χ0n) is 22.2. The van der Waals surface area contributed by atoms with Crippen LogP contribution in [0.4, 0.5) is 8.78 Å². The SMILES string of the molecule is CCOC(=O)Cc1nc(C2CCC(C3=C(C(=O)O)C(c4ccc(F)c(F)c4Cl)N=C(c4nccs4)N3)CC2)oc1C. The highest BCUT2D eigenvalue weighted by Crippen LogP contribution is 2.44. The van der Waals surface area contributed by atoms with Gasteiger partial charge in [0, 0.05) is 28.8 Å². The van der Waals surface area contributed by atoms with Gasteiger partial charge in [0.2, 0.25) is 0 Å². The van der Waals surface area contributed by atoms with Gasteiger partial charge >= 0.3 is 11.9 Å². The van der Waals surface area contributed by atoms with E-state index in [0.29, 0.717) is 59.6 Å². The first-order valence-electron chi connectivity index (χ1n) is 13.1. The van der Waals surface area contributed by atoms with Gasteiger partial charge in [-0.1, -0.05) is 17.7 Å². The molecule has 2 aliphatic rings. The molecule has 3 aromatic rings. The van der Waals surface area contributed by atoms with Crippen LogP contribution in [0.2, 0.25) is 5.02 Å². The van der Waals surface area contributed by atoms with Crippen LogP contribution in [0.25, 0.3) is 0 Å². The van der Waals surface area contributed by atoms with Gasteiger partial charge in [0.1, 0.15) is 11.8 Å². The summed E-state index contributed by atoms with van der Waals surface area (Å²) in [6.07, 6.45) is 4.14. The molecule has 0 amide bonds. The zero-order chi connectivity index (χ0) is 29.3. The maximum atomic E-state index is 14.5. The van der Waals surface area contributed by atoms with Crippen molar-refractivity contribution in [3.05, 3.63) is 79.6 Å². The summed E-state index contributed by atoms with van der Waals surface area (Å²) in [4.78, 5) is 38.0. The first-order chi connectivity index (χ1) is 19.7. The van der Waals surface area contributed by atoms with Gasteiger partial charge in [-0.15, -0.1) is 11.3 Å². The Balaban J connectivity index is 1.44. The van der Waals surface area contributed by atoms with E-state index in [1.165, 1.54) is 17.4 Å². The average molecular weight is 605 g/mol. The van der Waals surface area contributed by atoms with Gasteiger partial charge in [0.05, 0.1) is 29.3 Å². The number of aliphatic imine (C=N–C) groups is 1. The second kappa shape index (κ2) is 12.1. The molecule has 1 aromatic carbocycles. The summed E-state index contributed by atoms with van der Waals surface area (Å²) in [6, 6.07) is 0.995. The van der Waals surface area contributed by atoms with Crippen molar-refractivity contribution in [1.82, 2.24) is 15.3 Å². The molecule has 1 aliphatic heterocycles. The van der Waals surface area contributed by atoms with Crippen molar-refractivity contribution in [3.8, 4) is 0 Å². The lowest BCUT2D eigenvalue weighted by Gasteiger charge is -2.34. The molecule has 0 saturated heterocycles. The quantitative estimate of drug-likeness (QED) is 0.241. The van der Waals surface area contributed by atoms with Crippen molar-refractivity contribution in [2.75, 3.05) is 6.61 Å². The van der Waals surface area contributed by atoms with E-state index in [9.17, 15) is 23.5 Å². The number of carbonyl (C=O) groups excluding carboxylic acids is 1. The van der Waals surface area contributed by atoms with Crippen molar-refractivity contribution in [1.29, 1.82) is 0 Å². The number of oxazole rings is 1. The number of carboxylic acid groups (broad SMARTS) is 1. The largest absolute Gasteiger partial charge is 0.478 e. The predicted molar refractivity (Wildman–Crippen MR) is 147 cm³/mol. The second-order valence-corrected chi connectivity index (χ2v) is 11.1. The number of ether oxygens (including phenoxy) is 1. The zero-order valence-corrected chi connectivity index (χ0v) is 23.8.